The van der Waals surface area contributed by atoms with Crippen LogP contribution in [0.3, 0.4) is 0 Å². The number of nitrogens with one attached hydrogen (secondary N) is 2. The molecule has 0 aliphatic carbocycles. The molecule has 2 N–H and O–H groups in total. The first-order valence-electron chi connectivity index (χ1n) is 5.07. The second-order valence-electron chi connectivity index (χ2n) is 3.20. The van der Waals surface area contributed by atoms with Gasteiger partial charge in [0.15, 0.2) is 0 Å². The number of hydrogen-bond donors (Lipinski definition) is 2. The van der Waals surface area contributed by atoms with Crippen LogP contribution >= 0.6 is 21.6 Å². The Hall–Kier alpha value is -0.360. The van der Waals surface area contributed by atoms with Crippen molar-refractivity contribution >= 4 is 33.4 Å². The van der Waals surface area contributed by atoms with Crippen molar-refractivity contribution in [1.82, 2.24) is 10.6 Å². The lowest BCUT2D eigenvalue weighted by atomic mass is 10.2. The number of rotatable bonds is 0. The Balaban J connectivity index is 2.27. The zero-order valence-electron chi connectivity index (χ0n) is 8.58. The van der Waals surface area contributed by atoms with Crippen LogP contribution in [0.25, 0.3) is 0 Å². The minimum absolute atomic E-state index is 0.0487. The van der Waals surface area contributed by atoms with Crippen LogP contribution in [0.2, 0.25) is 0 Å². The molecule has 1 fully saturated rings. The van der Waals surface area contributed by atoms with Gasteiger partial charge in [-0.3, -0.25) is 9.59 Å². The maximum Gasteiger partial charge on any atom is 0.220 e. The first-order valence-corrected chi connectivity index (χ1v) is 7.55. The zero-order valence-corrected chi connectivity index (χ0v) is 10.2. The quantitative estimate of drug-likeness (QED) is 0.622. The first kappa shape index (κ1) is 12.7. The van der Waals surface area contributed by atoms with Gasteiger partial charge in [-0.25, -0.2) is 0 Å². The molecule has 0 aromatic heterocycles. The molecule has 0 aromatic rings. The number of carbonyl (C=O) groups excluding carboxylic acids is 2. The summed E-state index contributed by atoms with van der Waals surface area (Å²) >= 11 is 0. The summed E-state index contributed by atoms with van der Waals surface area (Å²) in [6, 6.07) is 0. The molecule has 86 valence electrons. The highest BCUT2D eigenvalue weighted by molar-refractivity contribution is 8.76. The van der Waals surface area contributed by atoms with Gasteiger partial charge in [-0.2, -0.15) is 0 Å². The second-order valence-corrected chi connectivity index (χ2v) is 5.90. The van der Waals surface area contributed by atoms with Gasteiger partial charge in [0.2, 0.25) is 11.8 Å². The molecule has 15 heavy (non-hydrogen) atoms. The molecule has 0 aromatic carbocycles. The van der Waals surface area contributed by atoms with Crippen LogP contribution in [0.5, 0.6) is 0 Å². The third kappa shape index (κ3) is 6.67. The summed E-state index contributed by atoms with van der Waals surface area (Å²) in [6.45, 7) is 1.44. The van der Waals surface area contributed by atoms with Crippen molar-refractivity contribution in [3.05, 3.63) is 0 Å². The molecule has 2 amide bonds. The van der Waals surface area contributed by atoms with Gasteiger partial charge in [0.1, 0.15) is 0 Å². The third-order valence-electron chi connectivity index (χ3n) is 1.91. The predicted molar refractivity (Wildman–Crippen MR) is 64.8 cm³/mol. The fraction of sp³-hybridized carbons (Fsp3) is 0.778. The van der Waals surface area contributed by atoms with Gasteiger partial charge in [-0.05, 0) is 6.42 Å². The molecular weight excluding hydrogens is 232 g/mol. The van der Waals surface area contributed by atoms with Crippen molar-refractivity contribution in [2.24, 2.45) is 0 Å². The summed E-state index contributed by atoms with van der Waals surface area (Å²) in [4.78, 5) is 22.5. The fourth-order valence-electron chi connectivity index (χ4n) is 1.17. The van der Waals surface area contributed by atoms with Gasteiger partial charge < -0.3 is 10.6 Å². The van der Waals surface area contributed by atoms with Crippen LogP contribution in [0.1, 0.15) is 19.3 Å². The Labute approximate surface area is 97.7 Å². The van der Waals surface area contributed by atoms with E-state index in [1.807, 2.05) is 0 Å². The summed E-state index contributed by atoms with van der Waals surface area (Å²) in [5.41, 5.74) is 0. The molecule has 1 heterocycles. The fourth-order valence-corrected chi connectivity index (χ4v) is 2.98. The van der Waals surface area contributed by atoms with Gasteiger partial charge >= 0.3 is 0 Å². The van der Waals surface area contributed by atoms with Crippen LogP contribution in [0, 0.1) is 0 Å². The normalized spacial score (nSPS) is 21.6. The zero-order chi connectivity index (χ0) is 10.9. The molecule has 1 aliphatic heterocycles. The molecule has 0 atom stereocenters. The van der Waals surface area contributed by atoms with E-state index in [4.69, 9.17) is 0 Å². The van der Waals surface area contributed by atoms with E-state index in [0.29, 0.717) is 19.3 Å². The van der Waals surface area contributed by atoms with E-state index in [2.05, 4.69) is 10.6 Å². The summed E-state index contributed by atoms with van der Waals surface area (Å²) < 4.78 is 0. The van der Waals surface area contributed by atoms with Crippen molar-refractivity contribution in [2.75, 3.05) is 24.6 Å². The lowest BCUT2D eigenvalue weighted by molar-refractivity contribution is -0.122. The summed E-state index contributed by atoms with van der Waals surface area (Å²) in [7, 11) is 3.46. The van der Waals surface area contributed by atoms with Gasteiger partial charge in [0.25, 0.3) is 0 Å². The molecule has 0 saturated carbocycles. The van der Waals surface area contributed by atoms with Crippen LogP contribution < -0.4 is 10.6 Å². The first-order chi connectivity index (χ1) is 7.29. The van der Waals surface area contributed by atoms with Gasteiger partial charge in [-0.15, -0.1) is 0 Å². The molecule has 0 radical (unpaired) electrons. The lowest BCUT2D eigenvalue weighted by Gasteiger charge is -2.03. The van der Waals surface area contributed by atoms with Crippen LogP contribution in [0.4, 0.5) is 0 Å². The third-order valence-corrected chi connectivity index (χ3v) is 4.31. The summed E-state index contributed by atoms with van der Waals surface area (Å²) in [5.74, 6) is 1.94. The van der Waals surface area contributed by atoms with Crippen LogP contribution in [0.15, 0.2) is 0 Å². The molecule has 0 unspecified atom stereocenters. The molecule has 0 spiro atoms. The van der Waals surface area contributed by atoms with E-state index in [1.165, 1.54) is 0 Å². The van der Waals surface area contributed by atoms with Crippen molar-refractivity contribution in [3.8, 4) is 0 Å². The maximum atomic E-state index is 11.2. The molecule has 0 bridgehead atoms. The Morgan fingerprint density at radius 2 is 1.33 bits per heavy atom. The maximum absolute atomic E-state index is 11.2. The highest BCUT2D eigenvalue weighted by Gasteiger charge is 2.05. The molecule has 6 heteroatoms. The van der Waals surface area contributed by atoms with Crippen molar-refractivity contribution in [3.63, 3.8) is 0 Å². The minimum Gasteiger partial charge on any atom is -0.355 e. The van der Waals surface area contributed by atoms with E-state index in [0.717, 1.165) is 24.6 Å². The Kier molecular flexibility index (Phi) is 6.67. The average Bonchev–Trinajstić information content (AvgIpc) is 2.22. The second kappa shape index (κ2) is 7.87. The predicted octanol–water partition coefficient (Wildman–Crippen LogP) is 0.784. The average molecular weight is 248 g/mol. The van der Waals surface area contributed by atoms with Crippen LogP contribution in [-0.4, -0.2) is 36.4 Å². The number of hydrogen-bond acceptors (Lipinski definition) is 4. The van der Waals surface area contributed by atoms with Crippen molar-refractivity contribution in [1.29, 1.82) is 0 Å². The molecule has 1 saturated heterocycles. The Morgan fingerprint density at radius 3 is 1.80 bits per heavy atom. The topological polar surface area (TPSA) is 58.2 Å². The SMILES string of the molecule is O=C1CCCC(=O)NCCSSCCN1. The molecule has 1 aliphatic rings. The minimum atomic E-state index is 0.0487. The number of amides is 2. The smallest absolute Gasteiger partial charge is 0.220 e. The van der Waals surface area contributed by atoms with Gasteiger partial charge in [0, 0.05) is 37.4 Å². The molecule has 1 rings (SSSR count). The standard InChI is InChI=1S/C9H16N2O2S2/c12-8-2-1-3-9(13)11-5-7-15-14-6-4-10-8/h1-7H2,(H,10,12)(H,11,13). The summed E-state index contributed by atoms with van der Waals surface area (Å²) in [6.07, 6.45) is 1.54. The van der Waals surface area contributed by atoms with E-state index < -0.39 is 0 Å². The molecular formula is C9H16N2O2S2. The van der Waals surface area contributed by atoms with E-state index in [1.54, 1.807) is 21.6 Å². The van der Waals surface area contributed by atoms with Gasteiger partial charge in [0.05, 0.1) is 0 Å². The van der Waals surface area contributed by atoms with E-state index in [-0.39, 0.29) is 11.8 Å². The van der Waals surface area contributed by atoms with Gasteiger partial charge in [-0.1, -0.05) is 21.6 Å². The highest BCUT2D eigenvalue weighted by atomic mass is 33.1. The summed E-state index contributed by atoms with van der Waals surface area (Å²) in [5, 5.41) is 5.66. The van der Waals surface area contributed by atoms with Crippen molar-refractivity contribution < 1.29 is 9.59 Å². The Morgan fingerprint density at radius 1 is 0.867 bits per heavy atom. The monoisotopic (exact) mass is 248 g/mol. The van der Waals surface area contributed by atoms with Crippen LogP contribution in [-0.2, 0) is 9.59 Å². The lowest BCUT2D eigenvalue weighted by Crippen LogP contribution is -2.27. The highest BCUT2D eigenvalue weighted by Crippen LogP contribution is 2.19. The molecule has 4 nitrogen and oxygen atoms in total. The Bertz CT molecular complexity index is 202. The van der Waals surface area contributed by atoms with E-state index in [9.17, 15) is 9.59 Å². The number of carbonyl (C=O) groups is 2. The van der Waals surface area contributed by atoms with Crippen molar-refractivity contribution in [2.45, 2.75) is 19.3 Å². The largest absolute Gasteiger partial charge is 0.355 e. The van der Waals surface area contributed by atoms with E-state index >= 15 is 0 Å².